The van der Waals surface area contributed by atoms with Crippen LogP contribution in [0.25, 0.3) is 0 Å². The number of halogens is 1. The van der Waals surface area contributed by atoms with Crippen molar-refractivity contribution in [3.63, 3.8) is 0 Å². The second kappa shape index (κ2) is 10.4. The number of nitrogens with zero attached hydrogens (tertiary/aromatic N) is 1. The van der Waals surface area contributed by atoms with E-state index >= 15 is 0 Å². The topological polar surface area (TPSA) is 58.6 Å². The molecule has 0 bridgehead atoms. The molecule has 150 valence electrons. The number of nitrogens with one attached hydrogen (secondary N) is 1. The molecule has 0 aliphatic rings. The number of para-hydroxylation sites is 1. The number of rotatable bonds is 9. The van der Waals surface area contributed by atoms with Crippen LogP contribution in [-0.2, 0) is 22.7 Å². The lowest BCUT2D eigenvalue weighted by molar-refractivity contribution is -0.140. The third-order valence-corrected chi connectivity index (χ3v) is 4.54. The second-order valence-corrected chi connectivity index (χ2v) is 6.60. The molecule has 1 N–H and O–H groups in total. The lowest BCUT2D eigenvalue weighted by Crippen LogP contribution is -2.47. The third-order valence-electron chi connectivity index (χ3n) is 4.54. The molecule has 2 amide bonds. The molecule has 2 aromatic carbocycles. The normalized spacial score (nSPS) is 11.6. The van der Waals surface area contributed by atoms with Gasteiger partial charge in [-0.1, -0.05) is 37.3 Å². The monoisotopic (exact) mass is 386 g/mol. The molecule has 0 heterocycles. The molecule has 2 aromatic rings. The lowest BCUT2D eigenvalue weighted by atomic mass is 10.1. The molecule has 0 aliphatic carbocycles. The predicted octanol–water partition coefficient (Wildman–Crippen LogP) is 3.67. The van der Waals surface area contributed by atoms with Crippen LogP contribution in [0, 0.1) is 5.82 Å². The minimum Gasteiger partial charge on any atom is -0.496 e. The van der Waals surface area contributed by atoms with E-state index in [2.05, 4.69) is 5.32 Å². The average Bonchev–Trinajstić information content (AvgIpc) is 2.71. The van der Waals surface area contributed by atoms with Gasteiger partial charge in [0.25, 0.3) is 0 Å². The zero-order chi connectivity index (χ0) is 20.5. The quantitative estimate of drug-likeness (QED) is 0.715. The van der Waals surface area contributed by atoms with Gasteiger partial charge in [-0.3, -0.25) is 9.59 Å². The number of methoxy groups -OCH3 is 1. The molecule has 0 aliphatic heterocycles. The van der Waals surface area contributed by atoms with Crippen molar-refractivity contribution in [1.82, 2.24) is 10.2 Å². The largest absolute Gasteiger partial charge is 0.496 e. The highest BCUT2D eigenvalue weighted by Gasteiger charge is 2.25. The smallest absolute Gasteiger partial charge is 0.242 e. The van der Waals surface area contributed by atoms with Crippen molar-refractivity contribution >= 4 is 11.8 Å². The molecule has 0 unspecified atom stereocenters. The zero-order valence-corrected chi connectivity index (χ0v) is 16.6. The van der Waals surface area contributed by atoms with Crippen molar-refractivity contribution in [3.8, 4) is 5.75 Å². The Morgan fingerprint density at radius 2 is 1.82 bits per heavy atom. The van der Waals surface area contributed by atoms with E-state index < -0.39 is 6.04 Å². The standard InChI is InChI=1S/C22H27FN2O3/c1-4-7-21(26)25(15-17-10-12-19(23)13-11-17)16(2)22(27)24-14-18-8-5-6-9-20(18)28-3/h5-6,8-13,16H,4,7,14-15H2,1-3H3,(H,24,27)/t16-/m0/s1. The summed E-state index contributed by atoms with van der Waals surface area (Å²) in [5.41, 5.74) is 1.63. The van der Waals surface area contributed by atoms with Crippen LogP contribution >= 0.6 is 0 Å². The summed E-state index contributed by atoms with van der Waals surface area (Å²) in [6, 6.07) is 12.7. The van der Waals surface area contributed by atoms with E-state index in [1.165, 1.54) is 17.0 Å². The summed E-state index contributed by atoms with van der Waals surface area (Å²) in [4.78, 5) is 26.8. The molecular weight excluding hydrogens is 359 g/mol. The second-order valence-electron chi connectivity index (χ2n) is 6.60. The van der Waals surface area contributed by atoms with E-state index in [1.54, 1.807) is 26.2 Å². The summed E-state index contributed by atoms with van der Waals surface area (Å²) in [5.74, 6) is 0.00250. The summed E-state index contributed by atoms with van der Waals surface area (Å²) < 4.78 is 18.5. The van der Waals surface area contributed by atoms with Gasteiger partial charge >= 0.3 is 0 Å². The maximum absolute atomic E-state index is 13.2. The Labute approximate surface area is 165 Å². The number of carbonyl (C=O) groups is 2. The first-order chi connectivity index (χ1) is 13.5. The molecule has 5 nitrogen and oxygen atoms in total. The number of ether oxygens (including phenoxy) is 1. The molecule has 0 aromatic heterocycles. The first-order valence-electron chi connectivity index (χ1n) is 9.39. The summed E-state index contributed by atoms with van der Waals surface area (Å²) in [6.07, 6.45) is 1.04. The van der Waals surface area contributed by atoms with E-state index in [-0.39, 0.29) is 24.2 Å². The Morgan fingerprint density at radius 1 is 1.14 bits per heavy atom. The average molecular weight is 386 g/mol. The van der Waals surface area contributed by atoms with Gasteiger partial charge in [0.2, 0.25) is 11.8 Å². The molecule has 0 saturated carbocycles. The van der Waals surface area contributed by atoms with Crippen molar-refractivity contribution in [2.24, 2.45) is 0 Å². The molecule has 0 fully saturated rings. The summed E-state index contributed by atoms with van der Waals surface area (Å²) in [6.45, 7) is 4.18. The summed E-state index contributed by atoms with van der Waals surface area (Å²) in [5, 5.41) is 2.87. The molecule has 1 atom stereocenters. The van der Waals surface area contributed by atoms with E-state index in [1.807, 2.05) is 31.2 Å². The van der Waals surface area contributed by atoms with Crippen LogP contribution < -0.4 is 10.1 Å². The Kier molecular flexibility index (Phi) is 7.99. The Balaban J connectivity index is 2.09. The molecular formula is C22H27FN2O3. The Hall–Kier alpha value is -2.89. The summed E-state index contributed by atoms with van der Waals surface area (Å²) in [7, 11) is 1.58. The SMILES string of the molecule is CCCC(=O)N(Cc1ccc(F)cc1)[C@@H](C)C(=O)NCc1ccccc1OC. The van der Waals surface area contributed by atoms with Crippen LogP contribution in [0.1, 0.15) is 37.8 Å². The van der Waals surface area contributed by atoms with E-state index in [0.717, 1.165) is 11.1 Å². The molecule has 28 heavy (non-hydrogen) atoms. The van der Waals surface area contributed by atoms with Crippen LogP contribution in [0.3, 0.4) is 0 Å². The van der Waals surface area contributed by atoms with E-state index in [4.69, 9.17) is 4.74 Å². The van der Waals surface area contributed by atoms with Gasteiger partial charge in [-0.05, 0) is 37.1 Å². The van der Waals surface area contributed by atoms with E-state index in [9.17, 15) is 14.0 Å². The molecule has 2 rings (SSSR count). The van der Waals surface area contributed by atoms with Crippen LogP contribution in [0.5, 0.6) is 5.75 Å². The minimum absolute atomic E-state index is 0.105. The number of carbonyl (C=O) groups excluding carboxylic acids is 2. The number of hydrogen-bond donors (Lipinski definition) is 1. The first-order valence-corrected chi connectivity index (χ1v) is 9.39. The number of benzene rings is 2. The number of amides is 2. The third kappa shape index (κ3) is 5.81. The van der Waals surface area contributed by atoms with Gasteiger partial charge < -0.3 is 15.0 Å². The Bertz CT molecular complexity index is 793. The van der Waals surface area contributed by atoms with Crippen LogP contribution in [0.15, 0.2) is 48.5 Å². The minimum atomic E-state index is -0.654. The fraction of sp³-hybridized carbons (Fsp3) is 0.364. The fourth-order valence-corrected chi connectivity index (χ4v) is 2.91. The number of hydrogen-bond acceptors (Lipinski definition) is 3. The molecule has 0 spiro atoms. The highest BCUT2D eigenvalue weighted by Crippen LogP contribution is 2.17. The molecule has 0 saturated heterocycles. The highest BCUT2D eigenvalue weighted by atomic mass is 19.1. The first kappa shape index (κ1) is 21.4. The van der Waals surface area contributed by atoms with Crippen LogP contribution in [-0.4, -0.2) is 29.9 Å². The highest BCUT2D eigenvalue weighted by molar-refractivity contribution is 5.87. The maximum Gasteiger partial charge on any atom is 0.242 e. The predicted molar refractivity (Wildman–Crippen MR) is 106 cm³/mol. The van der Waals surface area contributed by atoms with Crippen molar-refractivity contribution in [3.05, 3.63) is 65.5 Å². The van der Waals surface area contributed by atoms with Crippen LogP contribution in [0.4, 0.5) is 4.39 Å². The van der Waals surface area contributed by atoms with Gasteiger partial charge in [0.1, 0.15) is 17.6 Å². The van der Waals surface area contributed by atoms with Crippen molar-refractivity contribution in [2.75, 3.05) is 7.11 Å². The molecule has 0 radical (unpaired) electrons. The van der Waals surface area contributed by atoms with Gasteiger partial charge in [0.15, 0.2) is 0 Å². The fourth-order valence-electron chi connectivity index (χ4n) is 2.91. The van der Waals surface area contributed by atoms with Crippen LogP contribution in [0.2, 0.25) is 0 Å². The maximum atomic E-state index is 13.2. The van der Waals surface area contributed by atoms with Gasteiger partial charge in [-0.15, -0.1) is 0 Å². The zero-order valence-electron chi connectivity index (χ0n) is 16.6. The van der Waals surface area contributed by atoms with Crippen molar-refractivity contribution in [1.29, 1.82) is 0 Å². The Morgan fingerprint density at radius 3 is 2.46 bits per heavy atom. The van der Waals surface area contributed by atoms with E-state index in [0.29, 0.717) is 25.1 Å². The van der Waals surface area contributed by atoms with Gasteiger partial charge in [-0.2, -0.15) is 0 Å². The van der Waals surface area contributed by atoms with Crippen molar-refractivity contribution < 1.29 is 18.7 Å². The lowest BCUT2D eigenvalue weighted by Gasteiger charge is -2.29. The molecule has 6 heteroatoms. The van der Waals surface area contributed by atoms with Gasteiger partial charge in [0, 0.05) is 25.1 Å². The summed E-state index contributed by atoms with van der Waals surface area (Å²) >= 11 is 0. The van der Waals surface area contributed by atoms with Gasteiger partial charge in [0.05, 0.1) is 7.11 Å². The van der Waals surface area contributed by atoms with Crippen molar-refractivity contribution in [2.45, 2.75) is 45.8 Å². The van der Waals surface area contributed by atoms with Gasteiger partial charge in [-0.25, -0.2) is 4.39 Å².